The van der Waals surface area contributed by atoms with Crippen molar-refractivity contribution in [3.63, 3.8) is 0 Å². The second kappa shape index (κ2) is 11.3. The van der Waals surface area contributed by atoms with Gasteiger partial charge in [0.1, 0.15) is 11.8 Å². The van der Waals surface area contributed by atoms with Gasteiger partial charge in [0.05, 0.1) is 31.4 Å². The second-order valence-corrected chi connectivity index (χ2v) is 8.21. The summed E-state index contributed by atoms with van der Waals surface area (Å²) in [5.74, 6) is -0.947. The van der Waals surface area contributed by atoms with Gasteiger partial charge in [-0.15, -0.1) is 0 Å². The van der Waals surface area contributed by atoms with Crippen LogP contribution in [0.25, 0.3) is 0 Å². The number of amides is 4. The van der Waals surface area contributed by atoms with Gasteiger partial charge in [0.2, 0.25) is 5.91 Å². The molecular weight excluding hydrogens is 476 g/mol. The Morgan fingerprint density at radius 3 is 2.51 bits per heavy atom. The molecule has 1 saturated heterocycles. The number of imide groups is 1. The molecule has 0 unspecified atom stereocenters. The topological polar surface area (TPSA) is 118 Å². The number of esters is 1. The molecule has 0 aliphatic carbocycles. The Bertz CT molecular complexity index is 1300. The molecule has 4 rings (SSSR count). The molecule has 1 aromatic heterocycles. The molecule has 0 bridgehead atoms. The van der Waals surface area contributed by atoms with E-state index in [0.29, 0.717) is 22.7 Å². The zero-order valence-electron chi connectivity index (χ0n) is 20.4. The highest BCUT2D eigenvalue weighted by Crippen LogP contribution is 2.30. The summed E-state index contributed by atoms with van der Waals surface area (Å²) in [4.78, 5) is 58.2. The highest BCUT2D eigenvalue weighted by Gasteiger charge is 2.46. The van der Waals surface area contributed by atoms with E-state index in [1.165, 1.54) is 24.1 Å². The Kier molecular flexibility index (Phi) is 7.77. The van der Waals surface area contributed by atoms with Crippen molar-refractivity contribution in [3.05, 3.63) is 84.2 Å². The molecule has 0 radical (unpaired) electrons. The van der Waals surface area contributed by atoms with Crippen molar-refractivity contribution in [2.75, 3.05) is 23.9 Å². The number of nitrogens with one attached hydrogen (secondary N) is 1. The van der Waals surface area contributed by atoms with E-state index < -0.39 is 29.9 Å². The molecule has 3 aromatic rings. The fourth-order valence-corrected chi connectivity index (χ4v) is 3.98. The molecule has 10 nitrogen and oxygen atoms in total. The van der Waals surface area contributed by atoms with Crippen LogP contribution in [-0.4, -0.2) is 53.5 Å². The largest absolute Gasteiger partial charge is 0.497 e. The normalized spacial score (nSPS) is 15.0. The standard InChI is InChI=1S/C27H26N4O6/c1-3-37-26(34)19-9-11-20(12-10-19)29-24(32)15-23-25(33)31(21-7-4-8-22(14-21)36-2)27(35)30(23)17-18-6-5-13-28-16-18/h4-14,16,23H,3,15,17H2,1-2H3,(H,29,32)/t23-/m0/s1. The van der Waals surface area contributed by atoms with Crippen LogP contribution >= 0.6 is 0 Å². The zero-order valence-corrected chi connectivity index (χ0v) is 20.4. The molecule has 1 fully saturated rings. The van der Waals surface area contributed by atoms with Crippen LogP contribution < -0.4 is 15.0 Å². The van der Waals surface area contributed by atoms with Gasteiger partial charge in [0.15, 0.2) is 0 Å². The summed E-state index contributed by atoms with van der Waals surface area (Å²) >= 11 is 0. The minimum Gasteiger partial charge on any atom is -0.497 e. The molecule has 1 N–H and O–H groups in total. The molecule has 10 heteroatoms. The number of pyridine rings is 1. The molecule has 0 saturated carbocycles. The second-order valence-electron chi connectivity index (χ2n) is 8.21. The molecule has 1 aliphatic rings. The highest BCUT2D eigenvalue weighted by atomic mass is 16.5. The van der Waals surface area contributed by atoms with Crippen molar-refractivity contribution in [2.45, 2.75) is 25.9 Å². The molecule has 2 aromatic carbocycles. The summed E-state index contributed by atoms with van der Waals surface area (Å²) in [6.07, 6.45) is 2.96. The quantitative estimate of drug-likeness (QED) is 0.351. The van der Waals surface area contributed by atoms with Crippen molar-refractivity contribution < 1.29 is 28.7 Å². The number of aromatic nitrogens is 1. The van der Waals surface area contributed by atoms with E-state index in [4.69, 9.17) is 9.47 Å². The van der Waals surface area contributed by atoms with Crippen LogP contribution in [0.1, 0.15) is 29.3 Å². The first-order valence-corrected chi connectivity index (χ1v) is 11.7. The summed E-state index contributed by atoms with van der Waals surface area (Å²) in [6.45, 7) is 2.08. The van der Waals surface area contributed by atoms with Crippen LogP contribution in [0.5, 0.6) is 5.75 Å². The molecule has 0 spiro atoms. The van der Waals surface area contributed by atoms with Crippen molar-refractivity contribution in [1.82, 2.24) is 9.88 Å². The maximum absolute atomic E-state index is 13.5. The maximum Gasteiger partial charge on any atom is 0.338 e. The number of anilines is 2. The number of methoxy groups -OCH3 is 1. The van der Waals surface area contributed by atoms with Gasteiger partial charge >= 0.3 is 12.0 Å². The lowest BCUT2D eigenvalue weighted by molar-refractivity contribution is -0.124. The van der Waals surface area contributed by atoms with Crippen LogP contribution in [0.3, 0.4) is 0 Å². The lowest BCUT2D eigenvalue weighted by Crippen LogP contribution is -2.37. The summed E-state index contributed by atoms with van der Waals surface area (Å²) in [5.41, 5.74) is 1.87. The summed E-state index contributed by atoms with van der Waals surface area (Å²) < 4.78 is 10.2. The number of hydrogen-bond donors (Lipinski definition) is 1. The van der Waals surface area contributed by atoms with Gasteiger partial charge in [-0.25, -0.2) is 14.5 Å². The van der Waals surface area contributed by atoms with E-state index in [2.05, 4.69) is 10.3 Å². The molecular formula is C27H26N4O6. The minimum atomic E-state index is -1.03. The zero-order chi connectivity index (χ0) is 26.4. The number of urea groups is 1. The van der Waals surface area contributed by atoms with E-state index >= 15 is 0 Å². The van der Waals surface area contributed by atoms with Crippen molar-refractivity contribution in [2.24, 2.45) is 0 Å². The molecule has 190 valence electrons. The number of hydrogen-bond acceptors (Lipinski definition) is 7. The van der Waals surface area contributed by atoms with E-state index in [1.54, 1.807) is 67.8 Å². The molecule has 1 aliphatic heterocycles. The average molecular weight is 503 g/mol. The van der Waals surface area contributed by atoms with E-state index in [1.807, 2.05) is 0 Å². The lowest BCUT2D eigenvalue weighted by Gasteiger charge is -2.21. The Morgan fingerprint density at radius 2 is 1.84 bits per heavy atom. The SMILES string of the molecule is CCOC(=O)c1ccc(NC(=O)C[C@H]2C(=O)N(c3cccc(OC)c3)C(=O)N2Cc2cccnc2)cc1. The number of ether oxygens (including phenoxy) is 2. The van der Waals surface area contributed by atoms with Gasteiger partial charge in [0.25, 0.3) is 5.91 Å². The minimum absolute atomic E-state index is 0.102. The van der Waals surface area contributed by atoms with Gasteiger partial charge < -0.3 is 19.7 Å². The first-order valence-electron chi connectivity index (χ1n) is 11.7. The predicted molar refractivity (Wildman–Crippen MR) is 135 cm³/mol. The Hall–Kier alpha value is -4.73. The van der Waals surface area contributed by atoms with Crippen LogP contribution in [0.15, 0.2) is 73.1 Å². The van der Waals surface area contributed by atoms with Gasteiger partial charge in [-0.3, -0.25) is 14.6 Å². The Labute approximate surface area is 213 Å². The maximum atomic E-state index is 13.5. The Balaban J connectivity index is 1.54. The third-order valence-corrected chi connectivity index (χ3v) is 5.76. The van der Waals surface area contributed by atoms with Gasteiger partial charge in [-0.05, 0) is 55.0 Å². The van der Waals surface area contributed by atoms with Gasteiger partial charge in [-0.1, -0.05) is 12.1 Å². The molecule has 4 amide bonds. The van der Waals surface area contributed by atoms with Crippen LogP contribution in [0.4, 0.5) is 16.2 Å². The third kappa shape index (κ3) is 5.75. The number of carbonyl (C=O) groups is 4. The fourth-order valence-electron chi connectivity index (χ4n) is 3.98. The van der Waals surface area contributed by atoms with Crippen LogP contribution in [-0.2, 0) is 20.9 Å². The Morgan fingerprint density at radius 1 is 1.05 bits per heavy atom. The smallest absolute Gasteiger partial charge is 0.338 e. The molecule has 2 heterocycles. The lowest BCUT2D eigenvalue weighted by atomic mass is 10.1. The fraction of sp³-hybridized carbons (Fsp3) is 0.222. The van der Waals surface area contributed by atoms with Crippen LogP contribution in [0.2, 0.25) is 0 Å². The van der Waals surface area contributed by atoms with E-state index in [-0.39, 0.29) is 19.6 Å². The van der Waals surface area contributed by atoms with E-state index in [0.717, 1.165) is 10.5 Å². The molecule has 1 atom stereocenters. The molecule has 37 heavy (non-hydrogen) atoms. The van der Waals surface area contributed by atoms with E-state index in [9.17, 15) is 19.2 Å². The van der Waals surface area contributed by atoms with Crippen molar-refractivity contribution >= 4 is 35.2 Å². The number of benzene rings is 2. The number of nitrogens with zero attached hydrogens (tertiary/aromatic N) is 3. The van der Waals surface area contributed by atoms with Crippen molar-refractivity contribution in [1.29, 1.82) is 0 Å². The first kappa shape index (κ1) is 25.4. The van der Waals surface area contributed by atoms with Crippen molar-refractivity contribution in [3.8, 4) is 5.75 Å². The summed E-state index contributed by atoms with van der Waals surface area (Å²) in [7, 11) is 1.49. The monoisotopic (exact) mass is 502 g/mol. The van der Waals surface area contributed by atoms with Gasteiger partial charge in [0, 0.05) is 30.7 Å². The number of rotatable bonds is 9. The predicted octanol–water partition coefficient (Wildman–Crippen LogP) is 3.63. The third-order valence-electron chi connectivity index (χ3n) is 5.76. The average Bonchev–Trinajstić information content (AvgIpc) is 3.13. The first-order chi connectivity index (χ1) is 17.9. The number of carbonyl (C=O) groups excluding carboxylic acids is 4. The summed E-state index contributed by atoms with van der Waals surface area (Å²) in [5, 5.41) is 2.73. The van der Waals surface area contributed by atoms with Gasteiger partial charge in [-0.2, -0.15) is 0 Å². The highest BCUT2D eigenvalue weighted by molar-refractivity contribution is 6.22. The summed E-state index contributed by atoms with van der Waals surface area (Å²) in [6, 6.07) is 14.8. The van der Waals surface area contributed by atoms with Crippen LogP contribution in [0, 0.1) is 0 Å².